The van der Waals surface area contributed by atoms with Crippen LogP contribution in [-0.2, 0) is 23.5 Å². The Bertz CT molecular complexity index is 832. The molecule has 4 aliphatic carbocycles. The maximum Gasteiger partial charge on any atom is 0.312 e. The average molecular weight is 435 g/mol. The summed E-state index contributed by atoms with van der Waals surface area (Å²) >= 11 is 0. The standard InChI is InChI=1S/C24H36O5Si/c1-15-12-23-13-24(15,29-30(4,5)6)11-8-16(23)22-10-7-9-21(2,20(26)28-14-22)18(22)17(23)19(25)27-3/h16-18H,1,7-14H2,2-6H3/t16-,17+,18?,21?,22+,23-,24-/m0/s1/i20+2. The van der Waals surface area contributed by atoms with E-state index in [9.17, 15) is 9.59 Å². The lowest BCUT2D eigenvalue weighted by Crippen LogP contribution is -2.58. The minimum Gasteiger partial charge on any atom is -0.469 e. The van der Waals surface area contributed by atoms with Crippen LogP contribution >= 0.6 is 0 Å². The molecule has 0 amide bonds. The van der Waals surface area contributed by atoms with Gasteiger partial charge >= 0.3 is 11.9 Å². The van der Waals surface area contributed by atoms with Gasteiger partial charge in [0.05, 0.1) is 30.7 Å². The van der Waals surface area contributed by atoms with Crippen molar-refractivity contribution in [1.82, 2.24) is 0 Å². The summed E-state index contributed by atoms with van der Waals surface area (Å²) in [6, 6.07) is 0. The highest BCUT2D eigenvalue weighted by atomic mass is 28.4. The minimum atomic E-state index is -1.81. The first kappa shape index (κ1) is 20.7. The van der Waals surface area contributed by atoms with Crippen molar-refractivity contribution in [2.75, 3.05) is 13.7 Å². The number of cyclic esters (lactones) is 1. The molecule has 1 aliphatic heterocycles. The first-order valence-electron chi connectivity index (χ1n) is 11.6. The van der Waals surface area contributed by atoms with Crippen LogP contribution in [0.15, 0.2) is 12.2 Å². The van der Waals surface area contributed by atoms with Crippen LogP contribution in [0.2, 0.25) is 19.6 Å². The fourth-order valence-corrected chi connectivity index (χ4v) is 10.5. The molecule has 0 N–H and O–H groups in total. The second-order valence-corrected chi connectivity index (χ2v) is 16.5. The second-order valence-electron chi connectivity index (χ2n) is 12.0. The predicted octanol–water partition coefficient (Wildman–Crippen LogP) is 4.48. The van der Waals surface area contributed by atoms with Crippen molar-refractivity contribution in [3.05, 3.63) is 12.2 Å². The van der Waals surface area contributed by atoms with Crippen LogP contribution in [0.1, 0.15) is 51.9 Å². The van der Waals surface area contributed by atoms with Gasteiger partial charge in [0.25, 0.3) is 0 Å². The van der Waals surface area contributed by atoms with Crippen LogP contribution in [0.4, 0.5) is 0 Å². The van der Waals surface area contributed by atoms with E-state index in [1.807, 2.05) is 6.92 Å². The zero-order valence-electron chi connectivity index (χ0n) is 19.1. The van der Waals surface area contributed by atoms with Gasteiger partial charge in [-0.2, -0.15) is 0 Å². The smallest absolute Gasteiger partial charge is 0.312 e. The lowest BCUT2D eigenvalue weighted by atomic mass is 9.54. The van der Waals surface area contributed by atoms with E-state index in [2.05, 4.69) is 26.2 Å². The Morgan fingerprint density at radius 2 is 1.97 bits per heavy atom. The Balaban J connectivity index is 1.68. The molecule has 4 bridgehead atoms. The number of ether oxygens (including phenoxy) is 2. The third-order valence-corrected chi connectivity index (χ3v) is 10.5. The molecular formula is C24H36O5Si. The third kappa shape index (κ3) is 2.33. The quantitative estimate of drug-likeness (QED) is 0.372. The monoisotopic (exact) mass is 434 g/mol. The summed E-state index contributed by atoms with van der Waals surface area (Å²) in [6.45, 7) is 13.7. The van der Waals surface area contributed by atoms with Crippen LogP contribution in [-0.4, -0.2) is 39.6 Å². The number of fused-ring (bicyclic) bond motifs is 1. The van der Waals surface area contributed by atoms with Gasteiger partial charge < -0.3 is 13.9 Å². The minimum absolute atomic E-state index is 0.00830. The summed E-state index contributed by atoms with van der Waals surface area (Å²) in [5.41, 5.74) is -0.115. The number of hydrogen-bond acceptors (Lipinski definition) is 5. The first-order chi connectivity index (χ1) is 13.9. The van der Waals surface area contributed by atoms with Crippen LogP contribution in [0.5, 0.6) is 0 Å². The van der Waals surface area contributed by atoms with Crippen molar-refractivity contribution in [3.8, 4) is 0 Å². The van der Waals surface area contributed by atoms with Crippen molar-refractivity contribution in [2.24, 2.45) is 34.0 Å². The number of rotatable bonds is 3. The van der Waals surface area contributed by atoms with Gasteiger partial charge in [0, 0.05) is 5.41 Å². The number of esters is 2. The van der Waals surface area contributed by atoms with Gasteiger partial charge in [-0.1, -0.05) is 13.0 Å². The summed E-state index contributed by atoms with van der Waals surface area (Å²) in [5.74, 6) is -0.202. The van der Waals surface area contributed by atoms with Gasteiger partial charge in [-0.3, -0.25) is 9.59 Å². The van der Waals surface area contributed by atoms with Crippen molar-refractivity contribution in [2.45, 2.75) is 77.1 Å². The lowest BCUT2D eigenvalue weighted by molar-refractivity contribution is -0.201. The van der Waals surface area contributed by atoms with Gasteiger partial charge in [0.15, 0.2) is 8.32 Å². The average Bonchev–Trinajstić information content (AvgIpc) is 3.02. The van der Waals surface area contributed by atoms with Crippen LogP contribution in [0.3, 0.4) is 0 Å². The molecule has 5 nitrogen and oxygen atoms in total. The largest absolute Gasteiger partial charge is 0.469 e. The summed E-state index contributed by atoms with van der Waals surface area (Å²) in [5, 5.41) is 0. The van der Waals surface area contributed by atoms with E-state index in [0.29, 0.717) is 12.5 Å². The van der Waals surface area contributed by atoms with Crippen molar-refractivity contribution in [3.63, 3.8) is 0 Å². The summed E-state index contributed by atoms with van der Waals surface area (Å²) in [7, 11) is -0.309. The Labute approximate surface area is 181 Å². The van der Waals surface area contributed by atoms with Crippen LogP contribution in [0.25, 0.3) is 0 Å². The van der Waals surface area contributed by atoms with E-state index in [4.69, 9.17) is 13.9 Å². The molecule has 5 aliphatic rings. The van der Waals surface area contributed by atoms with E-state index in [1.165, 1.54) is 7.11 Å². The zero-order chi connectivity index (χ0) is 21.7. The highest BCUT2D eigenvalue weighted by molar-refractivity contribution is 6.69. The zero-order valence-corrected chi connectivity index (χ0v) is 20.1. The molecule has 1 saturated heterocycles. The third-order valence-electron chi connectivity index (χ3n) is 9.52. The molecular weight excluding hydrogens is 398 g/mol. The van der Waals surface area contributed by atoms with Gasteiger partial charge in [0.1, 0.15) is 0 Å². The van der Waals surface area contributed by atoms with E-state index < -0.39 is 13.7 Å². The number of hydrogen-bond donors (Lipinski definition) is 0. The fraction of sp³-hybridized carbons (Fsp3) is 0.833. The molecule has 0 radical (unpaired) electrons. The molecule has 6 heteroatoms. The Hall–Kier alpha value is -1.14. The molecule has 7 atom stereocenters. The topological polar surface area (TPSA) is 61.8 Å². The highest BCUT2D eigenvalue weighted by Gasteiger charge is 2.80. The van der Waals surface area contributed by atoms with E-state index in [0.717, 1.165) is 50.5 Å². The molecule has 0 aromatic heterocycles. The van der Waals surface area contributed by atoms with Gasteiger partial charge in [0.2, 0.25) is 0 Å². The molecule has 5 rings (SSSR count). The first-order valence-corrected chi connectivity index (χ1v) is 15.0. The van der Waals surface area contributed by atoms with E-state index in [1.54, 1.807) is 0 Å². The van der Waals surface area contributed by atoms with E-state index in [-0.39, 0.29) is 40.2 Å². The second kappa shape index (κ2) is 6.00. The Kier molecular flexibility index (Phi) is 4.15. The molecule has 0 aromatic carbocycles. The van der Waals surface area contributed by atoms with Crippen molar-refractivity contribution >= 4 is 20.3 Å². The van der Waals surface area contributed by atoms with Crippen LogP contribution < -0.4 is 0 Å². The number of methoxy groups -OCH3 is 1. The van der Waals surface area contributed by atoms with Gasteiger partial charge in [-0.15, -0.1) is 0 Å². The molecule has 166 valence electrons. The maximum atomic E-state index is 13.4. The SMILES string of the molecule is C=C1C[C@]23C[C@@]1(O[Si](C)(C)C)CC[C@H]2[C@]12CCCC(C)(C1[C@@H]3C(=O)OC)[14C](=O)OC2. The fourth-order valence-electron chi connectivity index (χ4n) is 9.00. The number of carbonyl (C=O) groups excluding carboxylic acids is 2. The number of carbonyl (C=O) groups is 2. The normalized spacial score (nSPS) is 49.3. The van der Waals surface area contributed by atoms with Crippen LogP contribution in [0, 0.1) is 34.0 Å². The predicted molar refractivity (Wildman–Crippen MR) is 115 cm³/mol. The molecule has 30 heavy (non-hydrogen) atoms. The lowest BCUT2D eigenvalue weighted by Gasteiger charge is -2.56. The van der Waals surface area contributed by atoms with E-state index >= 15 is 0 Å². The van der Waals surface area contributed by atoms with Gasteiger partial charge in [-0.05, 0) is 87.9 Å². The molecule has 5 fully saturated rings. The summed E-state index contributed by atoms with van der Waals surface area (Å²) in [4.78, 5) is 26.5. The molecule has 0 aromatic rings. The highest BCUT2D eigenvalue weighted by Crippen LogP contribution is 2.79. The maximum absolute atomic E-state index is 13.4. The van der Waals surface area contributed by atoms with Gasteiger partial charge in [-0.25, -0.2) is 0 Å². The van der Waals surface area contributed by atoms with Crippen molar-refractivity contribution < 1.29 is 23.5 Å². The Morgan fingerprint density at radius 3 is 2.63 bits per heavy atom. The molecule has 2 unspecified atom stereocenters. The van der Waals surface area contributed by atoms with Crippen molar-refractivity contribution in [1.29, 1.82) is 0 Å². The molecule has 1 spiro atoms. The molecule has 4 saturated carbocycles. The molecule has 1 heterocycles. The summed E-state index contributed by atoms with van der Waals surface area (Å²) < 4.78 is 18.1. The Morgan fingerprint density at radius 1 is 1.23 bits per heavy atom. The summed E-state index contributed by atoms with van der Waals surface area (Å²) in [6.07, 6.45) is 6.50.